The minimum atomic E-state index is 0.268. The number of hydrogen-bond donors (Lipinski definition) is 1. The highest BCUT2D eigenvalue weighted by Gasteiger charge is 2.33. The number of nitrogens with zero attached hydrogens (tertiary/aromatic N) is 5. The molecule has 1 atom stereocenters. The van der Waals surface area contributed by atoms with E-state index < -0.39 is 0 Å². The molecule has 6 heteroatoms. The highest BCUT2D eigenvalue weighted by Crippen LogP contribution is 2.34. The van der Waals surface area contributed by atoms with Gasteiger partial charge in [-0.25, -0.2) is 4.98 Å². The van der Waals surface area contributed by atoms with Crippen LogP contribution in [0.25, 0.3) is 0 Å². The number of hydrogen-bond acceptors (Lipinski definition) is 6. The Hall–Kier alpha value is -1.40. The van der Waals surface area contributed by atoms with Crippen LogP contribution in [0.3, 0.4) is 0 Å². The lowest BCUT2D eigenvalue weighted by Crippen LogP contribution is -2.54. The maximum atomic E-state index is 9.57. The molecular formula is C20H33N5O. The van der Waals surface area contributed by atoms with Gasteiger partial charge in [0.05, 0.1) is 5.69 Å². The fourth-order valence-electron chi connectivity index (χ4n) is 4.40. The van der Waals surface area contributed by atoms with Gasteiger partial charge in [-0.05, 0) is 50.9 Å². The van der Waals surface area contributed by atoms with E-state index in [1.54, 1.807) is 0 Å². The minimum Gasteiger partial charge on any atom is -0.396 e. The number of rotatable bonds is 6. The lowest BCUT2D eigenvalue weighted by Gasteiger charge is -2.43. The van der Waals surface area contributed by atoms with E-state index in [-0.39, 0.29) is 6.61 Å². The standard InChI is InChI=1S/C20H33N5O/c1-23(2)20-21-18-6-4-3-5-17(18)19(22-20)25-11-10-24(13-15-7-8-15)16(14-25)9-12-26/h15-16,26H,3-14H2,1-2H3. The molecule has 2 aliphatic carbocycles. The van der Waals surface area contributed by atoms with Crippen molar-refractivity contribution in [1.29, 1.82) is 0 Å². The maximum absolute atomic E-state index is 9.57. The molecule has 0 aromatic carbocycles. The summed E-state index contributed by atoms with van der Waals surface area (Å²) < 4.78 is 0. The van der Waals surface area contributed by atoms with E-state index in [0.717, 1.165) is 56.6 Å². The Morgan fingerprint density at radius 2 is 1.92 bits per heavy atom. The van der Waals surface area contributed by atoms with E-state index in [1.807, 2.05) is 19.0 Å². The van der Waals surface area contributed by atoms with Crippen LogP contribution in [0.5, 0.6) is 0 Å². The summed E-state index contributed by atoms with van der Waals surface area (Å²) in [6.45, 7) is 4.57. The lowest BCUT2D eigenvalue weighted by atomic mass is 9.95. The van der Waals surface area contributed by atoms with Gasteiger partial charge in [-0.1, -0.05) is 0 Å². The molecule has 0 amide bonds. The monoisotopic (exact) mass is 359 g/mol. The topological polar surface area (TPSA) is 55.7 Å². The van der Waals surface area contributed by atoms with Gasteiger partial charge >= 0.3 is 0 Å². The third kappa shape index (κ3) is 3.81. The van der Waals surface area contributed by atoms with Crippen LogP contribution in [0.4, 0.5) is 11.8 Å². The van der Waals surface area contributed by atoms with Gasteiger partial charge in [0.1, 0.15) is 5.82 Å². The average molecular weight is 360 g/mol. The number of aliphatic hydroxyl groups is 1. The van der Waals surface area contributed by atoms with Gasteiger partial charge in [0, 0.05) is 58.5 Å². The summed E-state index contributed by atoms with van der Waals surface area (Å²) in [5.41, 5.74) is 2.63. The molecule has 0 bridgehead atoms. The first-order valence-corrected chi connectivity index (χ1v) is 10.3. The molecule has 1 unspecified atom stereocenters. The normalized spacial score (nSPS) is 23.8. The molecule has 4 rings (SSSR count). The molecule has 1 aliphatic heterocycles. The first kappa shape index (κ1) is 18.0. The van der Waals surface area contributed by atoms with Crippen LogP contribution in [0.2, 0.25) is 0 Å². The molecule has 0 spiro atoms. The SMILES string of the molecule is CN(C)c1nc2c(c(N3CCN(CC4CC4)C(CCO)C3)n1)CCCC2. The number of aryl methyl sites for hydroxylation is 1. The first-order chi connectivity index (χ1) is 12.7. The Labute approximate surface area is 157 Å². The third-order valence-electron chi connectivity index (χ3n) is 6.11. The molecule has 1 aromatic heterocycles. The van der Waals surface area contributed by atoms with Gasteiger partial charge in [0.25, 0.3) is 0 Å². The molecule has 6 nitrogen and oxygen atoms in total. The van der Waals surface area contributed by atoms with Crippen LogP contribution in [0, 0.1) is 5.92 Å². The van der Waals surface area contributed by atoms with E-state index in [4.69, 9.17) is 9.97 Å². The van der Waals surface area contributed by atoms with Crippen molar-refractivity contribution in [3.8, 4) is 0 Å². The molecule has 1 aromatic rings. The molecule has 1 N–H and O–H groups in total. The van der Waals surface area contributed by atoms with Crippen molar-refractivity contribution in [2.24, 2.45) is 5.92 Å². The van der Waals surface area contributed by atoms with E-state index in [0.29, 0.717) is 6.04 Å². The molecule has 144 valence electrons. The summed E-state index contributed by atoms with van der Waals surface area (Å²) in [6.07, 6.45) is 8.29. The van der Waals surface area contributed by atoms with Gasteiger partial charge in [-0.15, -0.1) is 0 Å². The highest BCUT2D eigenvalue weighted by atomic mass is 16.3. The predicted octanol–water partition coefficient (Wildman–Crippen LogP) is 1.70. The van der Waals surface area contributed by atoms with Crippen LogP contribution in [0.1, 0.15) is 43.4 Å². The Bertz CT molecular complexity index is 631. The molecule has 0 radical (unpaired) electrons. The molecule has 26 heavy (non-hydrogen) atoms. The van der Waals surface area contributed by atoms with Crippen molar-refractivity contribution in [2.45, 2.75) is 51.0 Å². The van der Waals surface area contributed by atoms with Crippen LogP contribution in [-0.2, 0) is 12.8 Å². The van der Waals surface area contributed by atoms with E-state index >= 15 is 0 Å². The zero-order chi connectivity index (χ0) is 18.1. The number of fused-ring (bicyclic) bond motifs is 1. The van der Waals surface area contributed by atoms with Crippen LogP contribution < -0.4 is 9.80 Å². The molecule has 2 fully saturated rings. The summed E-state index contributed by atoms with van der Waals surface area (Å²) in [6, 6.07) is 0.436. The van der Waals surface area contributed by atoms with Crippen molar-refractivity contribution in [3.05, 3.63) is 11.3 Å². The van der Waals surface area contributed by atoms with Gasteiger partial charge in [-0.2, -0.15) is 4.98 Å². The Balaban J connectivity index is 1.58. The van der Waals surface area contributed by atoms with E-state index in [9.17, 15) is 5.11 Å². The number of piperazine rings is 1. The second kappa shape index (κ2) is 7.69. The van der Waals surface area contributed by atoms with Crippen LogP contribution in [0.15, 0.2) is 0 Å². The van der Waals surface area contributed by atoms with Crippen LogP contribution in [-0.4, -0.2) is 72.9 Å². The summed E-state index contributed by atoms with van der Waals surface area (Å²) in [5, 5.41) is 9.57. The number of anilines is 2. The van der Waals surface area contributed by atoms with E-state index in [2.05, 4.69) is 9.80 Å². The van der Waals surface area contributed by atoms with Gasteiger partial charge in [-0.3, -0.25) is 4.90 Å². The molecule has 3 aliphatic rings. The molecule has 1 saturated carbocycles. The van der Waals surface area contributed by atoms with Crippen molar-refractivity contribution in [2.75, 3.05) is 56.7 Å². The lowest BCUT2D eigenvalue weighted by molar-refractivity contribution is 0.136. The van der Waals surface area contributed by atoms with E-state index in [1.165, 1.54) is 43.5 Å². The zero-order valence-electron chi connectivity index (χ0n) is 16.3. The summed E-state index contributed by atoms with van der Waals surface area (Å²) in [5.74, 6) is 2.89. The number of aliphatic hydroxyl groups excluding tert-OH is 1. The van der Waals surface area contributed by atoms with Crippen LogP contribution >= 0.6 is 0 Å². The molecule has 1 saturated heterocycles. The maximum Gasteiger partial charge on any atom is 0.227 e. The molecule has 2 heterocycles. The summed E-state index contributed by atoms with van der Waals surface area (Å²) >= 11 is 0. The predicted molar refractivity (Wildman–Crippen MR) is 105 cm³/mol. The Morgan fingerprint density at radius 3 is 2.65 bits per heavy atom. The molecular weight excluding hydrogens is 326 g/mol. The zero-order valence-corrected chi connectivity index (χ0v) is 16.3. The fraction of sp³-hybridized carbons (Fsp3) is 0.800. The van der Waals surface area contributed by atoms with Gasteiger partial charge in [0.2, 0.25) is 5.95 Å². The van der Waals surface area contributed by atoms with Gasteiger partial charge < -0.3 is 14.9 Å². The van der Waals surface area contributed by atoms with Crippen molar-refractivity contribution < 1.29 is 5.11 Å². The average Bonchev–Trinajstić information content (AvgIpc) is 3.46. The largest absolute Gasteiger partial charge is 0.396 e. The highest BCUT2D eigenvalue weighted by molar-refractivity contribution is 5.54. The quantitative estimate of drug-likeness (QED) is 0.834. The second-order valence-corrected chi connectivity index (χ2v) is 8.42. The number of aromatic nitrogens is 2. The second-order valence-electron chi connectivity index (χ2n) is 8.42. The van der Waals surface area contributed by atoms with Crippen molar-refractivity contribution in [1.82, 2.24) is 14.9 Å². The first-order valence-electron chi connectivity index (χ1n) is 10.3. The van der Waals surface area contributed by atoms with Crippen molar-refractivity contribution >= 4 is 11.8 Å². The third-order valence-corrected chi connectivity index (χ3v) is 6.11. The fourth-order valence-corrected chi connectivity index (χ4v) is 4.40. The Kier molecular flexibility index (Phi) is 5.32. The smallest absolute Gasteiger partial charge is 0.227 e. The minimum absolute atomic E-state index is 0.268. The van der Waals surface area contributed by atoms with Gasteiger partial charge in [0.15, 0.2) is 0 Å². The Morgan fingerprint density at radius 1 is 1.12 bits per heavy atom. The summed E-state index contributed by atoms with van der Waals surface area (Å²) in [7, 11) is 4.05. The van der Waals surface area contributed by atoms with Crippen molar-refractivity contribution in [3.63, 3.8) is 0 Å². The summed E-state index contributed by atoms with van der Waals surface area (Å²) in [4.78, 5) is 16.9.